The van der Waals surface area contributed by atoms with Gasteiger partial charge in [0.2, 0.25) is 0 Å². The van der Waals surface area contributed by atoms with Gasteiger partial charge in [-0.3, -0.25) is 9.59 Å². The summed E-state index contributed by atoms with van der Waals surface area (Å²) in [6.45, 7) is 5.73. The lowest BCUT2D eigenvalue weighted by Crippen LogP contribution is -2.55. The molecule has 106 valence electrons. The van der Waals surface area contributed by atoms with Crippen LogP contribution < -0.4 is 0 Å². The lowest BCUT2D eigenvalue weighted by atomic mass is 9.53. The zero-order chi connectivity index (χ0) is 14.4. The van der Waals surface area contributed by atoms with E-state index >= 15 is 0 Å². The predicted octanol–water partition coefficient (Wildman–Crippen LogP) is 1.92. The zero-order valence-electron chi connectivity index (χ0n) is 11.5. The molecule has 2 N–H and O–H groups in total. The standard InChI is InChI=1S/C14H20O5/c1-4-13(11(15)16)8(2)5-6-14(9(13)3,12(17)18)10-7-19-10/h5,9-10H,4,6-7H2,1-3H3,(H,15,16)(H,17,18)/t9?,10?,13?,14-/m0/s1. The molecular weight excluding hydrogens is 248 g/mol. The van der Waals surface area contributed by atoms with Crippen LogP contribution in [0.1, 0.15) is 33.6 Å². The molecule has 19 heavy (non-hydrogen) atoms. The van der Waals surface area contributed by atoms with Gasteiger partial charge in [-0.1, -0.05) is 25.5 Å². The molecule has 2 aliphatic rings. The summed E-state index contributed by atoms with van der Waals surface area (Å²) in [6.07, 6.45) is 2.13. The smallest absolute Gasteiger partial charge is 0.314 e. The zero-order valence-corrected chi connectivity index (χ0v) is 11.5. The van der Waals surface area contributed by atoms with Crippen molar-refractivity contribution in [2.45, 2.75) is 39.7 Å². The largest absolute Gasteiger partial charge is 0.481 e. The van der Waals surface area contributed by atoms with Gasteiger partial charge in [-0.15, -0.1) is 0 Å². The first-order valence-electron chi connectivity index (χ1n) is 6.59. The van der Waals surface area contributed by atoms with Crippen LogP contribution in [-0.2, 0) is 14.3 Å². The van der Waals surface area contributed by atoms with Crippen molar-refractivity contribution in [1.29, 1.82) is 0 Å². The highest BCUT2D eigenvalue weighted by Crippen LogP contribution is 2.57. The Labute approximate surface area is 112 Å². The number of epoxide rings is 1. The van der Waals surface area contributed by atoms with E-state index in [1.165, 1.54) is 0 Å². The summed E-state index contributed by atoms with van der Waals surface area (Å²) in [7, 11) is 0. The number of carboxylic acid groups (broad SMARTS) is 2. The summed E-state index contributed by atoms with van der Waals surface area (Å²) < 4.78 is 5.23. The van der Waals surface area contributed by atoms with Crippen LogP contribution in [-0.4, -0.2) is 34.9 Å². The van der Waals surface area contributed by atoms with Crippen molar-refractivity contribution in [3.8, 4) is 0 Å². The molecule has 1 heterocycles. The van der Waals surface area contributed by atoms with E-state index in [0.717, 1.165) is 5.57 Å². The third kappa shape index (κ3) is 1.64. The lowest BCUT2D eigenvalue weighted by molar-refractivity contribution is -0.166. The summed E-state index contributed by atoms with van der Waals surface area (Å²) in [4.78, 5) is 23.6. The second kappa shape index (κ2) is 4.34. The number of hydrogen-bond donors (Lipinski definition) is 2. The number of hydrogen-bond acceptors (Lipinski definition) is 3. The number of ether oxygens (including phenoxy) is 1. The molecule has 4 atom stereocenters. The van der Waals surface area contributed by atoms with Crippen molar-refractivity contribution in [3.05, 3.63) is 11.6 Å². The van der Waals surface area contributed by atoms with Gasteiger partial charge in [0.25, 0.3) is 0 Å². The molecule has 0 aromatic rings. The van der Waals surface area contributed by atoms with Gasteiger partial charge in [-0.2, -0.15) is 0 Å². The van der Waals surface area contributed by atoms with E-state index in [9.17, 15) is 19.8 Å². The fourth-order valence-corrected chi connectivity index (χ4v) is 3.72. The molecule has 5 nitrogen and oxygen atoms in total. The average Bonchev–Trinajstić information content (AvgIpc) is 3.14. The van der Waals surface area contributed by atoms with Crippen molar-refractivity contribution in [1.82, 2.24) is 0 Å². The van der Waals surface area contributed by atoms with Crippen LogP contribution >= 0.6 is 0 Å². The van der Waals surface area contributed by atoms with E-state index in [4.69, 9.17) is 4.74 Å². The molecule has 0 bridgehead atoms. The first-order chi connectivity index (χ1) is 8.84. The fraction of sp³-hybridized carbons (Fsp3) is 0.714. The van der Waals surface area contributed by atoms with Crippen LogP contribution in [0, 0.1) is 16.7 Å². The van der Waals surface area contributed by atoms with Gasteiger partial charge in [-0.25, -0.2) is 0 Å². The molecule has 1 aliphatic carbocycles. The first-order valence-corrected chi connectivity index (χ1v) is 6.59. The Bertz CT molecular complexity index is 451. The van der Waals surface area contributed by atoms with Crippen LogP contribution in [0.5, 0.6) is 0 Å². The minimum absolute atomic E-state index is 0.342. The van der Waals surface area contributed by atoms with Crippen LogP contribution in [0.2, 0.25) is 0 Å². The van der Waals surface area contributed by atoms with Gasteiger partial charge in [-0.05, 0) is 25.7 Å². The highest BCUT2D eigenvalue weighted by molar-refractivity contribution is 5.84. The van der Waals surface area contributed by atoms with E-state index in [1.807, 2.05) is 0 Å². The fourth-order valence-electron chi connectivity index (χ4n) is 3.72. The minimum atomic E-state index is -1.12. The Hall–Kier alpha value is -1.36. The third-order valence-electron chi connectivity index (χ3n) is 5.21. The van der Waals surface area contributed by atoms with Gasteiger partial charge in [0.05, 0.1) is 18.1 Å². The normalized spacial score (nSPS) is 41.5. The molecule has 2 rings (SSSR count). The molecule has 0 radical (unpaired) electrons. The summed E-state index contributed by atoms with van der Waals surface area (Å²) in [5.41, 5.74) is -1.47. The Balaban J connectivity index is 2.58. The maximum Gasteiger partial charge on any atom is 0.314 e. The van der Waals surface area contributed by atoms with Gasteiger partial charge in [0, 0.05) is 0 Å². The average molecular weight is 268 g/mol. The molecule has 0 saturated carbocycles. The van der Waals surface area contributed by atoms with Crippen molar-refractivity contribution in [2.75, 3.05) is 6.61 Å². The molecule has 3 unspecified atom stereocenters. The summed E-state index contributed by atoms with van der Waals surface area (Å²) in [5, 5.41) is 19.3. The molecule has 0 aromatic carbocycles. The van der Waals surface area contributed by atoms with Gasteiger partial charge < -0.3 is 14.9 Å². The SMILES string of the molecule is CCC1(C(=O)O)C(C)=CC[C@@](C(=O)O)(C2CO2)C1C. The summed E-state index contributed by atoms with van der Waals surface area (Å²) >= 11 is 0. The topological polar surface area (TPSA) is 87.1 Å². The summed E-state index contributed by atoms with van der Waals surface area (Å²) in [5.74, 6) is -2.40. The second-order valence-electron chi connectivity index (χ2n) is 5.61. The number of carbonyl (C=O) groups is 2. The minimum Gasteiger partial charge on any atom is -0.481 e. The number of aliphatic carboxylic acids is 2. The molecule has 0 spiro atoms. The Morgan fingerprint density at radius 2 is 2.00 bits per heavy atom. The third-order valence-corrected chi connectivity index (χ3v) is 5.21. The Morgan fingerprint density at radius 1 is 1.42 bits per heavy atom. The van der Waals surface area contributed by atoms with E-state index in [2.05, 4.69) is 0 Å². The van der Waals surface area contributed by atoms with Crippen molar-refractivity contribution in [2.24, 2.45) is 16.7 Å². The maximum atomic E-state index is 11.8. The van der Waals surface area contributed by atoms with Crippen LogP contribution in [0.3, 0.4) is 0 Å². The molecular formula is C14H20O5. The Kier molecular flexibility index (Phi) is 3.21. The molecule has 1 saturated heterocycles. The summed E-state index contributed by atoms with van der Waals surface area (Å²) in [6, 6.07) is 0. The quantitative estimate of drug-likeness (QED) is 0.601. The van der Waals surface area contributed by atoms with Gasteiger partial charge >= 0.3 is 11.9 Å². The second-order valence-corrected chi connectivity index (χ2v) is 5.61. The van der Waals surface area contributed by atoms with Crippen molar-refractivity contribution < 1.29 is 24.5 Å². The highest BCUT2D eigenvalue weighted by Gasteiger charge is 2.64. The van der Waals surface area contributed by atoms with E-state index in [-0.39, 0.29) is 6.10 Å². The number of carboxylic acids is 2. The van der Waals surface area contributed by atoms with Crippen molar-refractivity contribution >= 4 is 11.9 Å². The van der Waals surface area contributed by atoms with Crippen molar-refractivity contribution in [3.63, 3.8) is 0 Å². The molecule has 0 aromatic heterocycles. The van der Waals surface area contributed by atoms with Gasteiger partial charge in [0.1, 0.15) is 5.41 Å². The van der Waals surface area contributed by atoms with E-state index in [0.29, 0.717) is 19.4 Å². The number of allylic oxidation sites excluding steroid dienone is 1. The molecule has 1 aliphatic heterocycles. The molecule has 0 amide bonds. The predicted molar refractivity (Wildman–Crippen MR) is 67.7 cm³/mol. The molecule has 1 fully saturated rings. The number of rotatable bonds is 4. The van der Waals surface area contributed by atoms with Crippen LogP contribution in [0.25, 0.3) is 0 Å². The first kappa shape index (κ1) is 14.1. The maximum absolute atomic E-state index is 11.8. The monoisotopic (exact) mass is 268 g/mol. The molecule has 5 heteroatoms. The Morgan fingerprint density at radius 3 is 2.37 bits per heavy atom. The van der Waals surface area contributed by atoms with E-state index in [1.54, 1.807) is 26.8 Å². The highest BCUT2D eigenvalue weighted by atomic mass is 16.6. The van der Waals surface area contributed by atoms with E-state index < -0.39 is 28.7 Å². The van der Waals surface area contributed by atoms with Crippen LogP contribution in [0.4, 0.5) is 0 Å². The van der Waals surface area contributed by atoms with Crippen LogP contribution in [0.15, 0.2) is 11.6 Å². The lowest BCUT2D eigenvalue weighted by Gasteiger charge is -2.48. The van der Waals surface area contributed by atoms with Gasteiger partial charge in [0.15, 0.2) is 0 Å².